The van der Waals surface area contributed by atoms with Crippen molar-refractivity contribution in [3.05, 3.63) is 95.0 Å². The van der Waals surface area contributed by atoms with Crippen molar-refractivity contribution in [2.75, 3.05) is 20.3 Å². The van der Waals surface area contributed by atoms with Crippen molar-refractivity contribution >= 4 is 23.4 Å². The molecule has 2 amide bonds. The monoisotopic (exact) mass is 508 g/mol. The van der Waals surface area contributed by atoms with E-state index in [0.29, 0.717) is 29.5 Å². The Bertz CT molecular complexity index is 1120. The van der Waals surface area contributed by atoms with Crippen molar-refractivity contribution in [3.8, 4) is 11.5 Å². The van der Waals surface area contributed by atoms with Gasteiger partial charge in [-0.1, -0.05) is 80.0 Å². The second-order valence-corrected chi connectivity index (χ2v) is 9.37. The Labute approximate surface area is 218 Å². The number of carbonyl (C=O) groups excluding carboxylic acids is 2. The lowest BCUT2D eigenvalue weighted by Gasteiger charge is -2.31. The first-order chi connectivity index (χ1) is 17.4. The number of halogens is 1. The van der Waals surface area contributed by atoms with E-state index < -0.39 is 6.04 Å². The predicted molar refractivity (Wildman–Crippen MR) is 142 cm³/mol. The van der Waals surface area contributed by atoms with Crippen molar-refractivity contribution in [2.24, 2.45) is 5.92 Å². The van der Waals surface area contributed by atoms with Crippen molar-refractivity contribution in [1.82, 2.24) is 10.2 Å². The number of hydrogen-bond donors (Lipinski definition) is 1. The van der Waals surface area contributed by atoms with Crippen molar-refractivity contribution in [1.29, 1.82) is 0 Å². The summed E-state index contributed by atoms with van der Waals surface area (Å²) >= 11 is 6.07. The second kappa shape index (κ2) is 13.5. The molecule has 3 rings (SSSR count). The lowest BCUT2D eigenvalue weighted by Crippen LogP contribution is -2.52. The smallest absolute Gasteiger partial charge is 0.261 e. The third kappa shape index (κ3) is 8.02. The van der Waals surface area contributed by atoms with Gasteiger partial charge < -0.3 is 19.7 Å². The SMILES string of the molecule is COc1ccccc1OCC(=O)N(Cc1ccc(Cl)cc1)[C@@H](Cc1ccccc1)C(=O)NCC(C)C. The van der Waals surface area contributed by atoms with Crippen LogP contribution in [-0.2, 0) is 22.6 Å². The molecule has 0 fully saturated rings. The minimum absolute atomic E-state index is 0.202. The zero-order valence-electron chi connectivity index (χ0n) is 20.9. The quantitative estimate of drug-likeness (QED) is 0.368. The molecular weight excluding hydrogens is 476 g/mol. The zero-order chi connectivity index (χ0) is 25.9. The van der Waals surface area contributed by atoms with Gasteiger partial charge in [0.15, 0.2) is 18.1 Å². The predicted octanol–water partition coefficient (Wildman–Crippen LogP) is 5.14. The first-order valence-corrected chi connectivity index (χ1v) is 12.4. The van der Waals surface area contributed by atoms with E-state index in [9.17, 15) is 9.59 Å². The third-order valence-corrected chi connectivity index (χ3v) is 5.89. The molecule has 190 valence electrons. The number of nitrogens with zero attached hydrogens (tertiary/aromatic N) is 1. The molecule has 0 radical (unpaired) electrons. The first kappa shape index (κ1) is 27.1. The normalized spacial score (nSPS) is 11.6. The minimum Gasteiger partial charge on any atom is -0.493 e. The van der Waals surface area contributed by atoms with Gasteiger partial charge in [-0.2, -0.15) is 0 Å². The molecule has 0 aliphatic rings. The molecule has 3 aromatic rings. The van der Waals surface area contributed by atoms with Crippen molar-refractivity contribution in [2.45, 2.75) is 32.9 Å². The van der Waals surface area contributed by atoms with E-state index in [4.69, 9.17) is 21.1 Å². The van der Waals surface area contributed by atoms with E-state index in [1.807, 2.05) is 68.4 Å². The third-order valence-electron chi connectivity index (χ3n) is 5.64. The summed E-state index contributed by atoms with van der Waals surface area (Å²) in [7, 11) is 1.55. The van der Waals surface area contributed by atoms with Gasteiger partial charge in [-0.25, -0.2) is 0 Å². The van der Waals surface area contributed by atoms with E-state index in [0.717, 1.165) is 11.1 Å². The number of methoxy groups -OCH3 is 1. The maximum absolute atomic E-state index is 13.6. The van der Waals surface area contributed by atoms with Gasteiger partial charge in [-0.15, -0.1) is 0 Å². The lowest BCUT2D eigenvalue weighted by molar-refractivity contribution is -0.142. The summed E-state index contributed by atoms with van der Waals surface area (Å²) in [5.41, 5.74) is 1.82. The molecular formula is C29H33ClN2O4. The highest BCUT2D eigenvalue weighted by molar-refractivity contribution is 6.30. The Balaban J connectivity index is 1.90. The molecule has 7 heteroatoms. The maximum atomic E-state index is 13.6. The Hall–Kier alpha value is -3.51. The number of rotatable bonds is 12. The summed E-state index contributed by atoms with van der Waals surface area (Å²) in [6.07, 6.45) is 0.374. The van der Waals surface area contributed by atoms with E-state index in [-0.39, 0.29) is 30.9 Å². The Morgan fingerprint density at radius 3 is 2.17 bits per heavy atom. The summed E-state index contributed by atoms with van der Waals surface area (Å²) in [6, 6.07) is 23.4. The molecule has 0 bridgehead atoms. The van der Waals surface area contributed by atoms with Crippen LogP contribution in [0.2, 0.25) is 5.02 Å². The second-order valence-electron chi connectivity index (χ2n) is 8.93. The number of carbonyl (C=O) groups is 2. The fourth-order valence-electron chi connectivity index (χ4n) is 3.72. The maximum Gasteiger partial charge on any atom is 0.261 e. The molecule has 1 atom stereocenters. The molecule has 3 aromatic carbocycles. The number of benzene rings is 3. The average molecular weight is 509 g/mol. The highest BCUT2D eigenvalue weighted by Crippen LogP contribution is 2.26. The van der Waals surface area contributed by atoms with Gasteiger partial charge in [-0.3, -0.25) is 9.59 Å². The largest absolute Gasteiger partial charge is 0.493 e. The molecule has 1 N–H and O–H groups in total. The Morgan fingerprint density at radius 1 is 0.889 bits per heavy atom. The van der Waals surface area contributed by atoms with Gasteiger partial charge in [-0.05, 0) is 41.3 Å². The van der Waals surface area contributed by atoms with Crippen LogP contribution in [0.4, 0.5) is 0 Å². The van der Waals surface area contributed by atoms with E-state index in [2.05, 4.69) is 5.32 Å². The molecule has 0 saturated carbocycles. The molecule has 6 nitrogen and oxygen atoms in total. The summed E-state index contributed by atoms with van der Waals surface area (Å²) in [5, 5.41) is 3.61. The summed E-state index contributed by atoms with van der Waals surface area (Å²) in [5.74, 6) is 0.762. The number of ether oxygens (including phenoxy) is 2. The molecule has 0 aliphatic carbocycles. The van der Waals surface area contributed by atoms with Gasteiger partial charge in [0.25, 0.3) is 5.91 Å². The molecule has 0 heterocycles. The fraction of sp³-hybridized carbons (Fsp3) is 0.310. The van der Waals surface area contributed by atoms with Gasteiger partial charge in [0.2, 0.25) is 5.91 Å². The Kier molecular flexibility index (Phi) is 10.2. The number of hydrogen-bond acceptors (Lipinski definition) is 4. The highest BCUT2D eigenvalue weighted by atomic mass is 35.5. The van der Waals surface area contributed by atoms with Crippen LogP contribution < -0.4 is 14.8 Å². The number of para-hydroxylation sites is 2. The van der Waals surface area contributed by atoms with Gasteiger partial charge in [0.05, 0.1) is 7.11 Å². The molecule has 0 aromatic heterocycles. The standard InChI is InChI=1S/C29H33ClN2O4/c1-21(2)18-31-29(34)25(17-22-9-5-4-6-10-22)32(19-23-13-15-24(30)16-14-23)28(33)20-36-27-12-8-7-11-26(27)35-3/h4-16,21,25H,17-20H2,1-3H3,(H,31,34)/t25-/m0/s1. The minimum atomic E-state index is -0.726. The van der Waals surface area contributed by atoms with Gasteiger partial charge in [0, 0.05) is 24.5 Å². The number of nitrogens with one attached hydrogen (secondary N) is 1. The van der Waals surface area contributed by atoms with Crippen LogP contribution in [0.15, 0.2) is 78.9 Å². The number of amides is 2. The molecule has 0 aliphatic heterocycles. The lowest BCUT2D eigenvalue weighted by atomic mass is 10.0. The first-order valence-electron chi connectivity index (χ1n) is 12.0. The van der Waals surface area contributed by atoms with Crippen LogP contribution in [-0.4, -0.2) is 43.0 Å². The van der Waals surface area contributed by atoms with Crippen LogP contribution in [0.25, 0.3) is 0 Å². The molecule has 36 heavy (non-hydrogen) atoms. The van der Waals surface area contributed by atoms with Gasteiger partial charge in [0.1, 0.15) is 6.04 Å². The van der Waals surface area contributed by atoms with Crippen LogP contribution >= 0.6 is 11.6 Å². The Morgan fingerprint density at radius 2 is 1.53 bits per heavy atom. The molecule has 0 spiro atoms. The van der Waals surface area contributed by atoms with Crippen molar-refractivity contribution < 1.29 is 19.1 Å². The zero-order valence-corrected chi connectivity index (χ0v) is 21.7. The average Bonchev–Trinajstić information content (AvgIpc) is 2.89. The summed E-state index contributed by atoms with van der Waals surface area (Å²) in [6.45, 7) is 4.58. The topological polar surface area (TPSA) is 67.9 Å². The van der Waals surface area contributed by atoms with E-state index >= 15 is 0 Å². The van der Waals surface area contributed by atoms with Gasteiger partial charge >= 0.3 is 0 Å². The van der Waals surface area contributed by atoms with Crippen LogP contribution in [0, 0.1) is 5.92 Å². The molecule has 0 unspecified atom stereocenters. The van der Waals surface area contributed by atoms with E-state index in [1.54, 1.807) is 36.3 Å². The molecule has 0 saturated heterocycles. The van der Waals surface area contributed by atoms with Crippen LogP contribution in [0.5, 0.6) is 11.5 Å². The van der Waals surface area contributed by atoms with Crippen LogP contribution in [0.1, 0.15) is 25.0 Å². The summed E-state index contributed by atoms with van der Waals surface area (Å²) in [4.78, 5) is 28.6. The fourth-order valence-corrected chi connectivity index (χ4v) is 3.85. The highest BCUT2D eigenvalue weighted by Gasteiger charge is 2.31. The summed E-state index contributed by atoms with van der Waals surface area (Å²) < 4.78 is 11.2. The van der Waals surface area contributed by atoms with Crippen LogP contribution in [0.3, 0.4) is 0 Å². The van der Waals surface area contributed by atoms with Crippen molar-refractivity contribution in [3.63, 3.8) is 0 Å². The van der Waals surface area contributed by atoms with E-state index in [1.165, 1.54) is 0 Å².